The minimum Gasteiger partial charge on any atom is -0.325 e. The van der Waals surface area contributed by atoms with E-state index in [4.69, 9.17) is 17.3 Å². The Balaban J connectivity index is 2.92. The second-order valence-corrected chi connectivity index (χ2v) is 3.57. The number of nitrogens with two attached hydrogens (primary N) is 1. The SMILES string of the molecule is CCc1nc(CN)c(Cl)s1. The van der Waals surface area contributed by atoms with Gasteiger partial charge in [-0.2, -0.15) is 0 Å². The van der Waals surface area contributed by atoms with E-state index >= 15 is 0 Å². The van der Waals surface area contributed by atoms with Gasteiger partial charge in [-0.05, 0) is 6.42 Å². The highest BCUT2D eigenvalue weighted by atomic mass is 35.5. The maximum absolute atomic E-state index is 5.80. The fourth-order valence-electron chi connectivity index (χ4n) is 0.657. The van der Waals surface area contributed by atoms with Crippen LogP contribution in [0.15, 0.2) is 0 Å². The quantitative estimate of drug-likeness (QED) is 0.747. The van der Waals surface area contributed by atoms with Crippen molar-refractivity contribution in [2.24, 2.45) is 5.73 Å². The number of hydrogen-bond donors (Lipinski definition) is 1. The van der Waals surface area contributed by atoms with E-state index in [1.54, 1.807) is 0 Å². The summed E-state index contributed by atoms with van der Waals surface area (Å²) >= 11 is 7.31. The summed E-state index contributed by atoms with van der Waals surface area (Å²) in [4.78, 5) is 4.21. The molecule has 2 nitrogen and oxygen atoms in total. The average Bonchev–Trinajstić information content (AvgIpc) is 2.30. The number of halogens is 1. The molecule has 56 valence electrons. The standard InChI is InChI=1S/C6H9ClN2S/c1-2-5-9-4(3-8)6(7)10-5/h2-3,8H2,1H3. The predicted octanol–water partition coefficient (Wildman–Crippen LogP) is 1.82. The Morgan fingerprint density at radius 3 is 2.70 bits per heavy atom. The number of hydrogen-bond acceptors (Lipinski definition) is 3. The van der Waals surface area contributed by atoms with Crippen LogP contribution in [0.5, 0.6) is 0 Å². The lowest BCUT2D eigenvalue weighted by molar-refractivity contribution is 0.973. The van der Waals surface area contributed by atoms with Gasteiger partial charge in [-0.15, -0.1) is 11.3 Å². The molecule has 0 aliphatic heterocycles. The first kappa shape index (κ1) is 7.98. The maximum atomic E-state index is 5.80. The molecule has 0 aliphatic carbocycles. The van der Waals surface area contributed by atoms with Gasteiger partial charge in [-0.25, -0.2) is 4.98 Å². The monoisotopic (exact) mass is 176 g/mol. The van der Waals surface area contributed by atoms with E-state index in [1.165, 1.54) is 11.3 Å². The highest BCUT2D eigenvalue weighted by molar-refractivity contribution is 7.16. The van der Waals surface area contributed by atoms with Gasteiger partial charge in [0.05, 0.1) is 10.7 Å². The molecule has 4 heteroatoms. The number of thiazole rings is 1. The first-order valence-corrected chi connectivity index (χ1v) is 4.31. The maximum Gasteiger partial charge on any atom is 0.117 e. The normalized spacial score (nSPS) is 10.3. The minimum atomic E-state index is 0.440. The van der Waals surface area contributed by atoms with Crippen molar-refractivity contribution in [2.45, 2.75) is 19.9 Å². The summed E-state index contributed by atoms with van der Waals surface area (Å²) in [6.07, 6.45) is 0.935. The Bertz CT molecular complexity index is 222. The molecule has 0 bridgehead atoms. The van der Waals surface area contributed by atoms with Crippen LogP contribution in [0.25, 0.3) is 0 Å². The van der Waals surface area contributed by atoms with Crippen molar-refractivity contribution in [1.29, 1.82) is 0 Å². The summed E-state index contributed by atoms with van der Waals surface area (Å²) in [5.41, 5.74) is 6.20. The molecule has 0 unspecified atom stereocenters. The third-order valence-corrected chi connectivity index (χ3v) is 2.67. The zero-order valence-electron chi connectivity index (χ0n) is 5.72. The molecule has 1 rings (SSSR count). The molecule has 0 atom stereocenters. The number of aromatic nitrogens is 1. The molecule has 0 saturated carbocycles. The third-order valence-electron chi connectivity index (χ3n) is 1.19. The second kappa shape index (κ2) is 3.32. The number of nitrogens with zero attached hydrogens (tertiary/aromatic N) is 1. The van der Waals surface area contributed by atoms with Crippen LogP contribution in [0.1, 0.15) is 17.6 Å². The lowest BCUT2D eigenvalue weighted by Gasteiger charge is -1.85. The molecule has 10 heavy (non-hydrogen) atoms. The fourth-order valence-corrected chi connectivity index (χ4v) is 1.80. The van der Waals surface area contributed by atoms with Crippen molar-refractivity contribution < 1.29 is 0 Å². The van der Waals surface area contributed by atoms with Crippen LogP contribution in [0.3, 0.4) is 0 Å². The summed E-state index contributed by atoms with van der Waals surface area (Å²) in [5, 5.41) is 1.06. The van der Waals surface area contributed by atoms with Crippen molar-refractivity contribution in [3.63, 3.8) is 0 Å². The van der Waals surface area contributed by atoms with E-state index in [9.17, 15) is 0 Å². The van der Waals surface area contributed by atoms with Gasteiger partial charge >= 0.3 is 0 Å². The Hall–Kier alpha value is -0.120. The van der Waals surface area contributed by atoms with Gasteiger partial charge in [0.15, 0.2) is 0 Å². The molecule has 1 heterocycles. The molecule has 1 aromatic heterocycles. The zero-order chi connectivity index (χ0) is 7.56. The van der Waals surface area contributed by atoms with Crippen LogP contribution in [0.2, 0.25) is 4.34 Å². The van der Waals surface area contributed by atoms with Gasteiger partial charge in [0.25, 0.3) is 0 Å². The van der Waals surface area contributed by atoms with Crippen molar-refractivity contribution in [2.75, 3.05) is 0 Å². The minimum absolute atomic E-state index is 0.440. The summed E-state index contributed by atoms with van der Waals surface area (Å²) in [6, 6.07) is 0. The highest BCUT2D eigenvalue weighted by Gasteiger charge is 2.04. The topological polar surface area (TPSA) is 38.9 Å². The number of aryl methyl sites for hydroxylation is 1. The van der Waals surface area contributed by atoms with Gasteiger partial charge in [-0.3, -0.25) is 0 Å². The molecule has 0 aromatic carbocycles. The average molecular weight is 177 g/mol. The van der Waals surface area contributed by atoms with Crippen LogP contribution < -0.4 is 5.73 Å². The van der Waals surface area contributed by atoms with Crippen molar-refractivity contribution in [3.8, 4) is 0 Å². The van der Waals surface area contributed by atoms with Gasteiger partial charge < -0.3 is 5.73 Å². The predicted molar refractivity (Wildman–Crippen MR) is 44.4 cm³/mol. The van der Waals surface area contributed by atoms with Crippen molar-refractivity contribution >= 4 is 22.9 Å². The highest BCUT2D eigenvalue weighted by Crippen LogP contribution is 2.23. The molecule has 0 fully saturated rings. The lowest BCUT2D eigenvalue weighted by Crippen LogP contribution is -1.96. The molecular weight excluding hydrogens is 168 g/mol. The fraction of sp³-hybridized carbons (Fsp3) is 0.500. The van der Waals surface area contributed by atoms with Gasteiger partial charge in [0.1, 0.15) is 4.34 Å². The van der Waals surface area contributed by atoms with Crippen molar-refractivity contribution in [1.82, 2.24) is 4.98 Å². The Morgan fingerprint density at radius 2 is 2.40 bits per heavy atom. The van der Waals surface area contributed by atoms with Crippen LogP contribution in [-0.4, -0.2) is 4.98 Å². The summed E-state index contributed by atoms with van der Waals surface area (Å²) < 4.78 is 0.736. The van der Waals surface area contributed by atoms with Gasteiger partial charge in [0, 0.05) is 6.54 Å². The molecule has 0 aliphatic rings. The van der Waals surface area contributed by atoms with Gasteiger partial charge in [-0.1, -0.05) is 18.5 Å². The van der Waals surface area contributed by atoms with E-state index in [1.807, 2.05) is 0 Å². The van der Waals surface area contributed by atoms with Gasteiger partial charge in [0.2, 0.25) is 0 Å². The summed E-state index contributed by atoms with van der Waals surface area (Å²) in [7, 11) is 0. The molecule has 0 saturated heterocycles. The zero-order valence-corrected chi connectivity index (χ0v) is 7.30. The first-order chi connectivity index (χ1) is 4.77. The largest absolute Gasteiger partial charge is 0.325 e. The van der Waals surface area contributed by atoms with Crippen LogP contribution in [-0.2, 0) is 13.0 Å². The van der Waals surface area contributed by atoms with E-state index in [2.05, 4.69) is 11.9 Å². The molecule has 0 spiro atoms. The molecule has 0 amide bonds. The third kappa shape index (κ3) is 1.48. The van der Waals surface area contributed by atoms with E-state index < -0.39 is 0 Å². The van der Waals surface area contributed by atoms with E-state index in [0.717, 1.165) is 21.5 Å². The van der Waals surface area contributed by atoms with Crippen LogP contribution in [0, 0.1) is 0 Å². The molecule has 1 aromatic rings. The van der Waals surface area contributed by atoms with E-state index in [-0.39, 0.29) is 0 Å². The van der Waals surface area contributed by atoms with Crippen LogP contribution >= 0.6 is 22.9 Å². The van der Waals surface area contributed by atoms with E-state index in [0.29, 0.717) is 6.54 Å². The Kier molecular flexibility index (Phi) is 2.65. The first-order valence-electron chi connectivity index (χ1n) is 3.12. The lowest BCUT2D eigenvalue weighted by atomic mass is 10.5. The Labute approximate surface area is 69.0 Å². The van der Waals surface area contributed by atoms with Crippen molar-refractivity contribution in [3.05, 3.63) is 15.0 Å². The Morgan fingerprint density at radius 1 is 1.70 bits per heavy atom. The second-order valence-electron chi connectivity index (χ2n) is 1.89. The summed E-state index contributed by atoms with van der Waals surface area (Å²) in [5.74, 6) is 0. The number of rotatable bonds is 2. The molecular formula is C6H9ClN2S. The van der Waals surface area contributed by atoms with Crippen LogP contribution in [0.4, 0.5) is 0 Å². The summed E-state index contributed by atoms with van der Waals surface area (Å²) in [6.45, 7) is 2.49. The molecule has 2 N–H and O–H groups in total. The molecule has 0 radical (unpaired) electrons. The smallest absolute Gasteiger partial charge is 0.117 e.